The lowest BCUT2D eigenvalue weighted by molar-refractivity contribution is 0.597. The Hall–Kier alpha value is 0.840. The lowest BCUT2D eigenvalue weighted by Crippen LogP contribution is -1.40. The fraction of sp³-hybridized carbons (Fsp3) is 0. The zero-order valence-electron chi connectivity index (χ0n) is 3.14. The van der Waals surface area contributed by atoms with Crippen LogP contribution in [0.2, 0.25) is 0 Å². The molecule has 0 N–H and O–H groups in total. The second-order valence-corrected chi connectivity index (χ2v) is 5.87. The van der Waals surface area contributed by atoms with E-state index in [1.54, 1.807) is 0 Å². The summed E-state index contributed by atoms with van der Waals surface area (Å²) < 4.78 is 10.2. The lowest BCUT2D eigenvalue weighted by Gasteiger charge is -1.84. The van der Waals surface area contributed by atoms with Crippen molar-refractivity contribution in [2.45, 2.75) is 0 Å². The Kier molecular flexibility index (Phi) is 3.34. The molecule has 0 aromatic carbocycles. The SMILES string of the molecule is O=P(Cl)(Cl)C=CCl. The minimum Gasteiger partial charge on any atom is -0.285 e. The van der Waals surface area contributed by atoms with Gasteiger partial charge in [-0.2, -0.15) is 0 Å². The highest BCUT2D eigenvalue weighted by molar-refractivity contribution is 8.10. The zero-order valence-corrected chi connectivity index (χ0v) is 6.31. The van der Waals surface area contributed by atoms with Gasteiger partial charge in [0.1, 0.15) is 0 Å². The van der Waals surface area contributed by atoms with Crippen LogP contribution in [-0.2, 0) is 4.57 Å². The molecule has 0 atom stereocenters. The summed E-state index contributed by atoms with van der Waals surface area (Å²) in [5, 5.41) is 0. The van der Waals surface area contributed by atoms with E-state index in [9.17, 15) is 4.57 Å². The van der Waals surface area contributed by atoms with Gasteiger partial charge in [0, 0.05) is 11.4 Å². The summed E-state index contributed by atoms with van der Waals surface area (Å²) in [5.41, 5.74) is 1.03. The van der Waals surface area contributed by atoms with Gasteiger partial charge in [-0.05, 0) is 22.5 Å². The molecule has 0 radical (unpaired) electrons. The maximum atomic E-state index is 10.2. The molecule has 7 heavy (non-hydrogen) atoms. The molecule has 0 amide bonds. The molecule has 0 aliphatic carbocycles. The first kappa shape index (κ1) is 7.84. The largest absolute Gasteiger partial charge is 0.285 e. The molecule has 0 spiro atoms. The summed E-state index contributed by atoms with van der Waals surface area (Å²) in [4.78, 5) is 0. The predicted molar refractivity (Wildman–Crippen MR) is 34.3 cm³/mol. The Bertz CT molecular complexity index is 114. The van der Waals surface area contributed by atoms with E-state index >= 15 is 0 Å². The average molecular weight is 179 g/mol. The third kappa shape index (κ3) is 6.84. The Balaban J connectivity index is 3.82. The van der Waals surface area contributed by atoms with Crippen LogP contribution in [0.15, 0.2) is 11.4 Å². The van der Waals surface area contributed by atoms with Crippen molar-refractivity contribution in [3.05, 3.63) is 11.4 Å². The van der Waals surface area contributed by atoms with Crippen LogP contribution < -0.4 is 0 Å². The molecule has 0 fully saturated rings. The highest BCUT2D eigenvalue weighted by Crippen LogP contribution is 2.58. The van der Waals surface area contributed by atoms with Gasteiger partial charge in [0.05, 0.1) is 0 Å². The molecular formula is C2H2Cl3OP. The molecule has 0 aliphatic rings. The van der Waals surface area contributed by atoms with Gasteiger partial charge < -0.3 is 0 Å². The van der Waals surface area contributed by atoms with Gasteiger partial charge in [-0.1, -0.05) is 11.6 Å². The van der Waals surface area contributed by atoms with Gasteiger partial charge in [0.25, 0.3) is 5.85 Å². The third-order valence-electron chi connectivity index (χ3n) is 0.230. The summed E-state index contributed by atoms with van der Waals surface area (Å²) in [5.74, 6) is -1.99. The van der Waals surface area contributed by atoms with E-state index in [2.05, 4.69) is 0 Å². The topological polar surface area (TPSA) is 17.1 Å². The van der Waals surface area contributed by atoms with Gasteiger partial charge in [0.2, 0.25) is 0 Å². The quantitative estimate of drug-likeness (QED) is 0.564. The number of hydrogen-bond acceptors (Lipinski definition) is 1. The molecule has 42 valence electrons. The minimum absolute atomic E-state index is 1.03. The van der Waals surface area contributed by atoms with Gasteiger partial charge >= 0.3 is 0 Å². The fourth-order valence-electron chi connectivity index (χ4n) is 0.0656. The summed E-state index contributed by atoms with van der Waals surface area (Å²) in [6.45, 7) is 0. The molecule has 0 unspecified atom stereocenters. The monoisotopic (exact) mass is 178 g/mol. The molecular weight excluding hydrogens is 177 g/mol. The van der Waals surface area contributed by atoms with Gasteiger partial charge in [-0.25, -0.2) is 0 Å². The zero-order chi connectivity index (χ0) is 5.91. The van der Waals surface area contributed by atoms with Crippen molar-refractivity contribution in [2.24, 2.45) is 0 Å². The summed E-state index contributed by atoms with van der Waals surface area (Å²) in [6.07, 6.45) is 0. The van der Waals surface area contributed by atoms with E-state index in [1.165, 1.54) is 0 Å². The molecule has 0 aromatic rings. The highest BCUT2D eigenvalue weighted by Gasteiger charge is 2.04. The van der Waals surface area contributed by atoms with Crippen LogP contribution in [0.4, 0.5) is 0 Å². The molecule has 0 aromatic heterocycles. The Labute approximate surface area is 56.2 Å². The smallest absolute Gasteiger partial charge is 0.275 e. The fourth-order valence-corrected chi connectivity index (χ4v) is 1.36. The van der Waals surface area contributed by atoms with Gasteiger partial charge in [-0.15, -0.1) is 0 Å². The molecule has 0 aliphatic heterocycles. The van der Waals surface area contributed by atoms with Crippen molar-refractivity contribution in [1.29, 1.82) is 0 Å². The van der Waals surface area contributed by atoms with Crippen LogP contribution in [0.25, 0.3) is 0 Å². The molecule has 0 saturated carbocycles. The second kappa shape index (κ2) is 2.99. The Morgan fingerprint density at radius 3 is 1.86 bits per heavy atom. The standard InChI is InChI=1S/C2H2Cl3OP/c3-1-2-7(4,5)6/h1-2H. The molecule has 0 saturated heterocycles. The maximum absolute atomic E-state index is 10.2. The molecule has 0 bridgehead atoms. The Morgan fingerprint density at radius 1 is 1.43 bits per heavy atom. The normalized spacial score (nSPS) is 13.0. The highest BCUT2D eigenvalue weighted by atomic mass is 35.9. The molecule has 0 heterocycles. The second-order valence-electron chi connectivity index (χ2n) is 0.778. The van der Waals surface area contributed by atoms with E-state index in [1.807, 2.05) is 0 Å². The van der Waals surface area contributed by atoms with E-state index in [0.717, 1.165) is 11.4 Å². The number of hydrogen-bond donors (Lipinski definition) is 0. The minimum atomic E-state index is -3.03. The van der Waals surface area contributed by atoms with E-state index in [0.29, 0.717) is 0 Å². The number of rotatable bonds is 1. The van der Waals surface area contributed by atoms with Crippen molar-refractivity contribution in [2.75, 3.05) is 0 Å². The number of halogens is 3. The molecule has 0 rings (SSSR count). The maximum Gasteiger partial charge on any atom is 0.275 e. The van der Waals surface area contributed by atoms with Crippen molar-refractivity contribution >= 4 is 39.9 Å². The van der Waals surface area contributed by atoms with Crippen LogP contribution in [-0.4, -0.2) is 0 Å². The van der Waals surface area contributed by atoms with E-state index in [4.69, 9.17) is 34.1 Å². The van der Waals surface area contributed by atoms with E-state index < -0.39 is 5.85 Å². The lowest BCUT2D eigenvalue weighted by atomic mass is 11.3. The Morgan fingerprint density at radius 2 is 1.86 bits per heavy atom. The van der Waals surface area contributed by atoms with Crippen molar-refractivity contribution in [1.82, 2.24) is 0 Å². The molecule has 1 nitrogen and oxygen atoms in total. The summed E-state index contributed by atoms with van der Waals surface area (Å²) in [7, 11) is 0. The first-order chi connectivity index (χ1) is 3.06. The van der Waals surface area contributed by atoms with Crippen molar-refractivity contribution < 1.29 is 4.57 Å². The summed E-state index contributed by atoms with van der Waals surface area (Å²) >= 11 is 14.9. The van der Waals surface area contributed by atoms with Crippen molar-refractivity contribution in [3.8, 4) is 0 Å². The first-order valence-corrected chi connectivity index (χ1v) is 5.35. The van der Waals surface area contributed by atoms with Crippen molar-refractivity contribution in [3.63, 3.8) is 0 Å². The first-order valence-electron chi connectivity index (χ1n) is 1.33. The van der Waals surface area contributed by atoms with Crippen LogP contribution >= 0.6 is 39.9 Å². The third-order valence-corrected chi connectivity index (χ3v) is 1.70. The van der Waals surface area contributed by atoms with Crippen LogP contribution in [0.3, 0.4) is 0 Å². The average Bonchev–Trinajstić information content (AvgIpc) is 1.30. The van der Waals surface area contributed by atoms with Crippen LogP contribution in [0.1, 0.15) is 0 Å². The van der Waals surface area contributed by atoms with E-state index in [-0.39, 0.29) is 0 Å². The van der Waals surface area contributed by atoms with Crippen LogP contribution in [0, 0.1) is 0 Å². The summed E-state index contributed by atoms with van der Waals surface area (Å²) in [6, 6.07) is 0. The molecule has 5 heteroatoms. The van der Waals surface area contributed by atoms with Gasteiger partial charge in [0.15, 0.2) is 0 Å². The van der Waals surface area contributed by atoms with Crippen LogP contribution in [0.5, 0.6) is 0 Å². The van der Waals surface area contributed by atoms with Gasteiger partial charge in [-0.3, -0.25) is 4.57 Å². The predicted octanol–water partition coefficient (Wildman–Crippen LogP) is 3.37.